The van der Waals surface area contributed by atoms with Crippen molar-refractivity contribution in [3.63, 3.8) is 0 Å². The average Bonchev–Trinajstić information content (AvgIpc) is 3.40. The first kappa shape index (κ1) is 18.2. The van der Waals surface area contributed by atoms with E-state index in [0.29, 0.717) is 34.2 Å². The Morgan fingerprint density at radius 2 is 2.07 bits per heavy atom. The van der Waals surface area contributed by atoms with Crippen molar-refractivity contribution in [2.45, 2.75) is 17.2 Å². The number of H-pyrrole nitrogens is 2. The Hall–Kier alpha value is -3.22. The molecule has 0 saturated heterocycles. The van der Waals surface area contributed by atoms with Crippen molar-refractivity contribution in [3.8, 4) is 16.5 Å². The van der Waals surface area contributed by atoms with E-state index in [2.05, 4.69) is 37.7 Å². The highest BCUT2D eigenvalue weighted by Crippen LogP contribution is 2.32. The third-order valence-electron chi connectivity index (χ3n) is 4.03. The monoisotopic (exact) mass is 406 g/mol. The number of pyridine rings is 1. The zero-order valence-corrected chi connectivity index (χ0v) is 16.2. The molecule has 0 aliphatic heterocycles. The fraction of sp³-hybridized carbons (Fsp3) is 0.105. The summed E-state index contributed by atoms with van der Waals surface area (Å²) in [6, 6.07) is 15.6. The van der Waals surface area contributed by atoms with Crippen LogP contribution in [0.15, 0.2) is 57.7 Å². The molecule has 0 aliphatic rings. The number of thiophene rings is 1. The first-order valence-corrected chi connectivity index (χ1v) is 10.2. The number of rotatable bonds is 6. The highest BCUT2D eigenvalue weighted by molar-refractivity contribution is 7.98. The summed E-state index contributed by atoms with van der Waals surface area (Å²) in [5.41, 5.74) is 3.11. The Labute approximate surface area is 168 Å². The minimum Gasteiger partial charge on any atom is -0.316 e. The molecule has 3 aromatic heterocycles. The summed E-state index contributed by atoms with van der Waals surface area (Å²) in [4.78, 5) is 15.8. The zero-order valence-electron chi connectivity index (χ0n) is 14.5. The molecule has 0 fully saturated rings. The SMILES string of the molecule is N#Cc1c(-c2cccs2)cc(=O)[nH]c1SCc1cccc(Cc2nn[nH]n2)c1. The molecule has 0 radical (unpaired) electrons. The number of nitrogens with zero attached hydrogens (tertiary/aromatic N) is 4. The second-order valence-corrected chi connectivity index (χ2v) is 7.89. The van der Waals surface area contributed by atoms with Gasteiger partial charge >= 0.3 is 0 Å². The summed E-state index contributed by atoms with van der Waals surface area (Å²) < 4.78 is 0. The van der Waals surface area contributed by atoms with Gasteiger partial charge in [0.1, 0.15) is 6.07 Å². The predicted molar refractivity (Wildman–Crippen MR) is 108 cm³/mol. The Balaban J connectivity index is 1.57. The average molecular weight is 406 g/mol. The van der Waals surface area contributed by atoms with E-state index in [1.165, 1.54) is 29.2 Å². The summed E-state index contributed by atoms with van der Waals surface area (Å²) in [5.74, 6) is 1.25. The molecule has 3 heterocycles. The van der Waals surface area contributed by atoms with Gasteiger partial charge in [-0.25, -0.2) is 0 Å². The largest absolute Gasteiger partial charge is 0.316 e. The normalized spacial score (nSPS) is 10.7. The summed E-state index contributed by atoms with van der Waals surface area (Å²) in [7, 11) is 0. The second kappa shape index (κ2) is 8.21. The van der Waals surface area contributed by atoms with Gasteiger partial charge in [0.25, 0.3) is 0 Å². The molecular formula is C19H14N6OS2. The van der Waals surface area contributed by atoms with Crippen molar-refractivity contribution in [1.29, 1.82) is 5.26 Å². The lowest BCUT2D eigenvalue weighted by Crippen LogP contribution is -2.08. The molecule has 0 amide bonds. The number of thioether (sulfide) groups is 1. The van der Waals surface area contributed by atoms with Crippen LogP contribution in [0.1, 0.15) is 22.5 Å². The van der Waals surface area contributed by atoms with E-state index < -0.39 is 0 Å². The minimum atomic E-state index is -0.212. The van der Waals surface area contributed by atoms with Gasteiger partial charge < -0.3 is 4.98 Å². The molecule has 4 aromatic rings. The standard InChI is InChI=1S/C19H14N6OS2/c20-10-15-14(16-5-2-6-27-16)9-18(26)21-19(15)28-11-13-4-1-3-12(7-13)8-17-22-24-25-23-17/h1-7,9H,8,11H2,(H,21,26)(H,22,23,24,25). The van der Waals surface area contributed by atoms with Crippen LogP contribution in [0.2, 0.25) is 0 Å². The van der Waals surface area contributed by atoms with Crippen LogP contribution in [-0.4, -0.2) is 25.6 Å². The molecule has 0 saturated carbocycles. The van der Waals surface area contributed by atoms with Gasteiger partial charge in [0.05, 0.1) is 10.6 Å². The molecule has 0 spiro atoms. The van der Waals surface area contributed by atoms with Crippen LogP contribution >= 0.6 is 23.1 Å². The lowest BCUT2D eigenvalue weighted by Gasteiger charge is -2.08. The quantitative estimate of drug-likeness (QED) is 0.475. The molecule has 9 heteroatoms. The second-order valence-electron chi connectivity index (χ2n) is 5.95. The number of aromatic nitrogens is 5. The first-order valence-electron chi connectivity index (χ1n) is 8.37. The molecule has 4 rings (SSSR count). The van der Waals surface area contributed by atoms with E-state index in [1.807, 2.05) is 35.7 Å². The molecule has 28 heavy (non-hydrogen) atoms. The van der Waals surface area contributed by atoms with Gasteiger partial charge in [0.2, 0.25) is 5.56 Å². The summed E-state index contributed by atoms with van der Waals surface area (Å²) >= 11 is 2.95. The van der Waals surface area contributed by atoms with Crippen LogP contribution in [0.25, 0.3) is 10.4 Å². The molecule has 0 unspecified atom stereocenters. The van der Waals surface area contributed by atoms with E-state index in [-0.39, 0.29) is 5.56 Å². The summed E-state index contributed by atoms with van der Waals surface area (Å²) in [5, 5.41) is 26.2. The third kappa shape index (κ3) is 4.03. The lowest BCUT2D eigenvalue weighted by atomic mass is 10.1. The van der Waals surface area contributed by atoms with Gasteiger partial charge in [-0.1, -0.05) is 35.5 Å². The van der Waals surface area contributed by atoms with Crippen molar-refractivity contribution >= 4 is 23.1 Å². The van der Waals surface area contributed by atoms with Gasteiger partial charge in [-0.15, -0.1) is 33.3 Å². The number of tetrazole rings is 1. The molecule has 1 aromatic carbocycles. The predicted octanol–water partition coefficient (Wildman–Crippen LogP) is 3.37. The molecule has 0 bridgehead atoms. The van der Waals surface area contributed by atoms with Crippen LogP contribution in [0.5, 0.6) is 0 Å². The molecule has 0 atom stereocenters. The zero-order chi connectivity index (χ0) is 19.3. The maximum atomic E-state index is 12.1. The van der Waals surface area contributed by atoms with Crippen LogP contribution in [-0.2, 0) is 12.2 Å². The highest BCUT2D eigenvalue weighted by atomic mass is 32.2. The smallest absolute Gasteiger partial charge is 0.249 e. The molecule has 138 valence electrons. The summed E-state index contributed by atoms with van der Waals surface area (Å²) in [6.07, 6.45) is 0.586. The number of benzene rings is 1. The van der Waals surface area contributed by atoms with Crippen LogP contribution < -0.4 is 5.56 Å². The third-order valence-corrected chi connectivity index (χ3v) is 6.01. The number of nitriles is 1. The van der Waals surface area contributed by atoms with Crippen molar-refractivity contribution < 1.29 is 0 Å². The Kier molecular flexibility index (Phi) is 5.32. The minimum absolute atomic E-state index is 0.212. The maximum Gasteiger partial charge on any atom is 0.249 e. The molecule has 2 N–H and O–H groups in total. The highest BCUT2D eigenvalue weighted by Gasteiger charge is 2.14. The van der Waals surface area contributed by atoms with E-state index in [1.54, 1.807) is 0 Å². The van der Waals surface area contributed by atoms with E-state index in [9.17, 15) is 10.1 Å². The summed E-state index contributed by atoms with van der Waals surface area (Å²) in [6.45, 7) is 0. The Bertz CT molecular complexity index is 1180. The van der Waals surface area contributed by atoms with Crippen molar-refractivity contribution in [1.82, 2.24) is 25.6 Å². The van der Waals surface area contributed by atoms with Crippen molar-refractivity contribution in [3.05, 3.63) is 80.7 Å². The first-order chi connectivity index (χ1) is 13.7. The Morgan fingerprint density at radius 1 is 1.18 bits per heavy atom. The van der Waals surface area contributed by atoms with Crippen LogP contribution in [0.4, 0.5) is 0 Å². The molecule has 7 nitrogen and oxygen atoms in total. The maximum absolute atomic E-state index is 12.1. The van der Waals surface area contributed by atoms with Gasteiger partial charge in [-0.3, -0.25) is 4.79 Å². The van der Waals surface area contributed by atoms with Crippen LogP contribution in [0, 0.1) is 11.3 Å². The molecular weight excluding hydrogens is 392 g/mol. The number of hydrogen-bond donors (Lipinski definition) is 2. The molecule has 0 aliphatic carbocycles. The number of hydrogen-bond acceptors (Lipinski definition) is 7. The Morgan fingerprint density at radius 3 is 2.82 bits per heavy atom. The van der Waals surface area contributed by atoms with E-state index in [4.69, 9.17) is 0 Å². The number of nitrogens with one attached hydrogen (secondary N) is 2. The van der Waals surface area contributed by atoms with Crippen LogP contribution in [0.3, 0.4) is 0 Å². The topological polar surface area (TPSA) is 111 Å². The fourth-order valence-corrected chi connectivity index (χ4v) is 4.52. The van der Waals surface area contributed by atoms with Gasteiger partial charge in [0.15, 0.2) is 5.82 Å². The fourth-order valence-electron chi connectivity index (χ4n) is 2.81. The van der Waals surface area contributed by atoms with Crippen molar-refractivity contribution in [2.75, 3.05) is 0 Å². The van der Waals surface area contributed by atoms with Gasteiger partial charge in [-0.2, -0.15) is 10.5 Å². The van der Waals surface area contributed by atoms with Gasteiger partial charge in [-0.05, 0) is 22.6 Å². The number of aromatic amines is 2. The van der Waals surface area contributed by atoms with E-state index in [0.717, 1.165) is 16.0 Å². The van der Waals surface area contributed by atoms with E-state index >= 15 is 0 Å². The van der Waals surface area contributed by atoms with Crippen molar-refractivity contribution in [2.24, 2.45) is 0 Å². The lowest BCUT2D eigenvalue weighted by molar-refractivity contribution is 0.881. The van der Waals surface area contributed by atoms with Gasteiger partial charge in [0, 0.05) is 28.7 Å².